The van der Waals surface area contributed by atoms with Crippen LogP contribution in [-0.4, -0.2) is 27.5 Å². The Kier molecular flexibility index (Phi) is 4.79. The van der Waals surface area contributed by atoms with Crippen molar-refractivity contribution in [2.24, 2.45) is 0 Å². The average Bonchev–Trinajstić information content (AvgIpc) is 2.47. The summed E-state index contributed by atoms with van der Waals surface area (Å²) in [6.07, 6.45) is 3.81. The first-order valence-electron chi connectivity index (χ1n) is 6.30. The first kappa shape index (κ1) is 14.6. The van der Waals surface area contributed by atoms with Crippen LogP contribution in [0.5, 0.6) is 0 Å². The summed E-state index contributed by atoms with van der Waals surface area (Å²) in [5, 5.41) is 0. The summed E-state index contributed by atoms with van der Waals surface area (Å²) < 4.78 is 5.88. The molecule has 0 spiro atoms. The first-order chi connectivity index (χ1) is 9.65. The Balaban J connectivity index is 2.38. The fourth-order valence-corrected chi connectivity index (χ4v) is 1.93. The van der Waals surface area contributed by atoms with Crippen LogP contribution in [0.4, 0.5) is 0 Å². The van der Waals surface area contributed by atoms with Crippen molar-refractivity contribution in [2.45, 2.75) is 20.3 Å². The predicted molar refractivity (Wildman–Crippen MR) is 78.3 cm³/mol. The van der Waals surface area contributed by atoms with Gasteiger partial charge in [-0.1, -0.05) is 6.92 Å². The van der Waals surface area contributed by atoms with E-state index in [1.807, 2.05) is 19.1 Å². The highest BCUT2D eigenvalue weighted by Crippen LogP contribution is 2.17. The average molecular weight is 336 g/mol. The Morgan fingerprint density at radius 2 is 2.05 bits per heavy atom. The van der Waals surface area contributed by atoms with Crippen LogP contribution in [0.15, 0.2) is 29.0 Å². The van der Waals surface area contributed by atoms with Gasteiger partial charge in [-0.05, 0) is 41.4 Å². The van der Waals surface area contributed by atoms with Gasteiger partial charge >= 0.3 is 5.97 Å². The zero-order valence-electron chi connectivity index (χ0n) is 11.3. The molecule has 0 fully saturated rings. The monoisotopic (exact) mass is 335 g/mol. The Hall–Kier alpha value is -1.82. The molecule has 2 aromatic heterocycles. The molecule has 0 atom stereocenters. The van der Waals surface area contributed by atoms with Crippen LogP contribution in [0.1, 0.15) is 29.9 Å². The maximum atomic E-state index is 11.8. The number of esters is 1. The molecule has 5 nitrogen and oxygen atoms in total. The van der Waals surface area contributed by atoms with Gasteiger partial charge in [0.25, 0.3) is 0 Å². The minimum absolute atomic E-state index is 0.331. The third-order valence-corrected chi connectivity index (χ3v) is 3.12. The Labute approximate surface area is 125 Å². The topological polar surface area (TPSA) is 65.0 Å². The molecular formula is C14H14BrN3O2. The van der Waals surface area contributed by atoms with Crippen molar-refractivity contribution in [3.8, 4) is 11.5 Å². The molecule has 0 aliphatic heterocycles. The van der Waals surface area contributed by atoms with E-state index in [1.54, 1.807) is 13.1 Å². The highest BCUT2D eigenvalue weighted by atomic mass is 79.9. The van der Waals surface area contributed by atoms with E-state index >= 15 is 0 Å². The number of rotatable bonds is 4. The molecule has 2 heterocycles. The molecule has 2 aromatic rings. The summed E-state index contributed by atoms with van der Waals surface area (Å²) in [6.45, 7) is 4.03. The van der Waals surface area contributed by atoms with Gasteiger partial charge in [0.15, 0.2) is 5.82 Å². The molecule has 0 amide bonds. The van der Waals surface area contributed by atoms with E-state index in [9.17, 15) is 4.79 Å². The zero-order chi connectivity index (χ0) is 14.5. The summed E-state index contributed by atoms with van der Waals surface area (Å²) in [4.78, 5) is 24.6. The summed E-state index contributed by atoms with van der Waals surface area (Å²) in [5.41, 5.74) is 1.74. The molecule has 0 aromatic carbocycles. The number of hydrogen-bond acceptors (Lipinski definition) is 5. The summed E-state index contributed by atoms with van der Waals surface area (Å²) in [6, 6.07) is 3.69. The van der Waals surface area contributed by atoms with E-state index < -0.39 is 0 Å². The number of carbonyl (C=O) groups excluding carboxylic acids is 1. The fourth-order valence-electron chi connectivity index (χ4n) is 1.70. The molecule has 104 valence electrons. The standard InChI is InChI=1S/C14H14BrN3O2/c1-3-11-10(14(19)20-4-2)8-17-13(18-11)12-6-5-9(15)7-16-12/h5-8H,3-4H2,1-2H3. The number of aromatic nitrogens is 3. The highest BCUT2D eigenvalue weighted by Gasteiger charge is 2.15. The van der Waals surface area contributed by atoms with E-state index in [1.165, 1.54) is 6.20 Å². The lowest BCUT2D eigenvalue weighted by molar-refractivity contribution is 0.0524. The number of aryl methyl sites for hydroxylation is 1. The van der Waals surface area contributed by atoms with Crippen LogP contribution >= 0.6 is 15.9 Å². The lowest BCUT2D eigenvalue weighted by Gasteiger charge is -2.07. The van der Waals surface area contributed by atoms with E-state index in [4.69, 9.17) is 4.74 Å². The number of nitrogens with zero attached hydrogens (tertiary/aromatic N) is 3. The molecule has 0 bridgehead atoms. The smallest absolute Gasteiger partial charge is 0.341 e. The maximum Gasteiger partial charge on any atom is 0.341 e. The molecule has 0 aliphatic rings. The SMILES string of the molecule is CCOC(=O)c1cnc(-c2ccc(Br)cn2)nc1CC. The molecule has 0 saturated heterocycles. The summed E-state index contributed by atoms with van der Waals surface area (Å²) in [7, 11) is 0. The Morgan fingerprint density at radius 3 is 2.65 bits per heavy atom. The normalized spacial score (nSPS) is 10.3. The third kappa shape index (κ3) is 3.19. The molecule has 0 unspecified atom stereocenters. The lowest BCUT2D eigenvalue weighted by atomic mass is 10.2. The van der Waals surface area contributed by atoms with Crippen molar-refractivity contribution in [2.75, 3.05) is 6.61 Å². The van der Waals surface area contributed by atoms with Crippen molar-refractivity contribution in [1.29, 1.82) is 0 Å². The zero-order valence-corrected chi connectivity index (χ0v) is 12.8. The Morgan fingerprint density at radius 1 is 1.25 bits per heavy atom. The molecule has 20 heavy (non-hydrogen) atoms. The summed E-state index contributed by atoms with van der Waals surface area (Å²) in [5.74, 6) is 0.113. The molecule has 6 heteroatoms. The minimum Gasteiger partial charge on any atom is -0.462 e. The minimum atomic E-state index is -0.389. The first-order valence-corrected chi connectivity index (χ1v) is 7.10. The number of carbonyl (C=O) groups is 1. The molecule has 2 rings (SSSR count). The van der Waals surface area contributed by atoms with Gasteiger partial charge in [0.1, 0.15) is 5.69 Å². The van der Waals surface area contributed by atoms with Gasteiger partial charge in [-0.15, -0.1) is 0 Å². The van der Waals surface area contributed by atoms with Crippen LogP contribution in [0.2, 0.25) is 0 Å². The van der Waals surface area contributed by atoms with Crippen molar-refractivity contribution in [1.82, 2.24) is 15.0 Å². The van der Waals surface area contributed by atoms with Crippen LogP contribution in [0.25, 0.3) is 11.5 Å². The van der Waals surface area contributed by atoms with E-state index in [0.717, 1.165) is 4.47 Å². The molecular weight excluding hydrogens is 322 g/mol. The van der Waals surface area contributed by atoms with E-state index in [0.29, 0.717) is 35.8 Å². The predicted octanol–water partition coefficient (Wildman–Crippen LogP) is 3.04. The Bertz CT molecular complexity index is 614. The molecule has 0 saturated carbocycles. The fraction of sp³-hybridized carbons (Fsp3) is 0.286. The van der Waals surface area contributed by atoms with Crippen LogP contribution < -0.4 is 0 Å². The van der Waals surface area contributed by atoms with Crippen LogP contribution in [-0.2, 0) is 11.2 Å². The second-order valence-electron chi connectivity index (χ2n) is 3.99. The van der Waals surface area contributed by atoms with Gasteiger partial charge in [0, 0.05) is 16.9 Å². The van der Waals surface area contributed by atoms with Gasteiger partial charge in [0.05, 0.1) is 17.9 Å². The largest absolute Gasteiger partial charge is 0.462 e. The molecule has 0 N–H and O–H groups in total. The molecule has 0 aliphatic carbocycles. The van der Waals surface area contributed by atoms with Crippen molar-refractivity contribution in [3.05, 3.63) is 40.3 Å². The second kappa shape index (κ2) is 6.56. The quantitative estimate of drug-likeness (QED) is 0.803. The number of ether oxygens (including phenoxy) is 1. The highest BCUT2D eigenvalue weighted by molar-refractivity contribution is 9.10. The van der Waals surface area contributed by atoms with Crippen molar-refractivity contribution >= 4 is 21.9 Å². The maximum absolute atomic E-state index is 11.8. The van der Waals surface area contributed by atoms with Gasteiger partial charge in [-0.25, -0.2) is 14.8 Å². The van der Waals surface area contributed by atoms with Gasteiger partial charge < -0.3 is 4.74 Å². The lowest BCUT2D eigenvalue weighted by Crippen LogP contribution is -2.11. The summed E-state index contributed by atoms with van der Waals surface area (Å²) >= 11 is 3.33. The van der Waals surface area contributed by atoms with E-state index in [-0.39, 0.29) is 5.97 Å². The van der Waals surface area contributed by atoms with Gasteiger partial charge in [0.2, 0.25) is 0 Å². The van der Waals surface area contributed by atoms with Crippen molar-refractivity contribution < 1.29 is 9.53 Å². The van der Waals surface area contributed by atoms with E-state index in [2.05, 4.69) is 30.9 Å². The van der Waals surface area contributed by atoms with Gasteiger partial charge in [-0.3, -0.25) is 4.98 Å². The second-order valence-corrected chi connectivity index (χ2v) is 4.91. The van der Waals surface area contributed by atoms with Gasteiger partial charge in [-0.2, -0.15) is 0 Å². The number of hydrogen-bond donors (Lipinski definition) is 0. The third-order valence-electron chi connectivity index (χ3n) is 2.65. The van der Waals surface area contributed by atoms with Crippen LogP contribution in [0, 0.1) is 0 Å². The van der Waals surface area contributed by atoms with Crippen molar-refractivity contribution in [3.63, 3.8) is 0 Å². The number of halogens is 1. The molecule has 0 radical (unpaired) electrons. The number of pyridine rings is 1. The van der Waals surface area contributed by atoms with Crippen LogP contribution in [0.3, 0.4) is 0 Å².